The molecule has 110 valence electrons. The average molecular weight is 300 g/mol. The van der Waals surface area contributed by atoms with Gasteiger partial charge in [0, 0.05) is 33.8 Å². The first-order valence-electron chi connectivity index (χ1n) is 7.07. The van der Waals surface area contributed by atoms with Crippen LogP contribution in [0.5, 0.6) is 0 Å². The molecule has 3 heterocycles. The van der Waals surface area contributed by atoms with Gasteiger partial charge in [0.15, 0.2) is 0 Å². The highest BCUT2D eigenvalue weighted by molar-refractivity contribution is 5.95. The highest BCUT2D eigenvalue weighted by Gasteiger charge is 2.15. The van der Waals surface area contributed by atoms with Crippen molar-refractivity contribution in [2.75, 3.05) is 5.73 Å². The molecule has 0 spiro atoms. The molecule has 0 aliphatic carbocycles. The Labute approximate surface area is 132 Å². The molecule has 5 heteroatoms. The smallest absolute Gasteiger partial charge is 0.142 e. The lowest BCUT2D eigenvalue weighted by Crippen LogP contribution is -1.99. The molecule has 0 aliphatic heterocycles. The van der Waals surface area contributed by atoms with Gasteiger partial charge < -0.3 is 15.1 Å². The first-order chi connectivity index (χ1) is 11.3. The number of nitrogen functional groups attached to an aromatic ring is 1. The van der Waals surface area contributed by atoms with Gasteiger partial charge in [-0.25, -0.2) is 4.98 Å². The highest BCUT2D eigenvalue weighted by Crippen LogP contribution is 2.34. The molecule has 0 saturated carbocycles. The van der Waals surface area contributed by atoms with Crippen LogP contribution in [0.4, 0.5) is 5.82 Å². The van der Waals surface area contributed by atoms with Gasteiger partial charge in [0.2, 0.25) is 0 Å². The number of aromatic nitrogens is 2. The summed E-state index contributed by atoms with van der Waals surface area (Å²) in [6.07, 6.45) is 5.06. The monoisotopic (exact) mass is 300 g/mol. The lowest BCUT2D eigenvalue weighted by molar-refractivity contribution is 0.568. The van der Waals surface area contributed by atoms with Crippen LogP contribution in [0.25, 0.3) is 33.3 Å². The van der Waals surface area contributed by atoms with E-state index in [0.717, 1.165) is 27.7 Å². The van der Waals surface area contributed by atoms with Gasteiger partial charge in [-0.05, 0) is 18.2 Å². The number of rotatable bonds is 2. The summed E-state index contributed by atoms with van der Waals surface area (Å²) in [5, 5.41) is 10.4. The molecule has 3 N–H and O–H groups in total. The van der Waals surface area contributed by atoms with Crippen molar-refractivity contribution in [3.63, 3.8) is 0 Å². The normalized spacial score (nSPS) is 10.7. The van der Waals surface area contributed by atoms with Crippen molar-refractivity contribution in [2.24, 2.45) is 0 Å². The Hall–Kier alpha value is -3.52. The number of nitriles is 1. The third kappa shape index (κ3) is 2.05. The summed E-state index contributed by atoms with van der Waals surface area (Å²) in [5.41, 5.74) is 10.6. The second kappa shape index (κ2) is 5.04. The Balaban J connectivity index is 1.99. The van der Waals surface area contributed by atoms with Gasteiger partial charge in [0.1, 0.15) is 17.5 Å². The van der Waals surface area contributed by atoms with Crippen LogP contribution in [-0.2, 0) is 0 Å². The summed E-state index contributed by atoms with van der Waals surface area (Å²) in [6, 6.07) is 13.8. The Morgan fingerprint density at radius 2 is 2.04 bits per heavy atom. The minimum atomic E-state index is 0.214. The predicted octanol–water partition coefficient (Wildman–Crippen LogP) is 3.94. The molecular weight excluding hydrogens is 288 g/mol. The number of hydrogen-bond acceptors (Lipinski definition) is 4. The van der Waals surface area contributed by atoms with Crippen LogP contribution < -0.4 is 5.73 Å². The van der Waals surface area contributed by atoms with Gasteiger partial charge in [0.25, 0.3) is 0 Å². The number of anilines is 1. The molecule has 3 aromatic heterocycles. The van der Waals surface area contributed by atoms with Gasteiger partial charge >= 0.3 is 0 Å². The van der Waals surface area contributed by atoms with E-state index < -0.39 is 0 Å². The largest absolute Gasteiger partial charge is 0.472 e. The zero-order valence-corrected chi connectivity index (χ0v) is 12.1. The summed E-state index contributed by atoms with van der Waals surface area (Å²) in [5.74, 6) is 0.214. The van der Waals surface area contributed by atoms with Gasteiger partial charge in [-0.1, -0.05) is 18.2 Å². The van der Waals surface area contributed by atoms with Crippen molar-refractivity contribution >= 4 is 16.7 Å². The number of fused-ring (bicyclic) bond motifs is 1. The number of aromatic amines is 1. The first kappa shape index (κ1) is 13.2. The maximum atomic E-state index is 9.38. The van der Waals surface area contributed by atoms with Crippen LogP contribution in [0.1, 0.15) is 5.56 Å². The lowest BCUT2D eigenvalue weighted by Gasteiger charge is -2.08. The Morgan fingerprint density at radius 3 is 2.83 bits per heavy atom. The van der Waals surface area contributed by atoms with Gasteiger partial charge in [-0.15, -0.1) is 0 Å². The number of pyridine rings is 1. The highest BCUT2D eigenvalue weighted by atomic mass is 16.3. The van der Waals surface area contributed by atoms with E-state index >= 15 is 0 Å². The third-order valence-electron chi connectivity index (χ3n) is 3.86. The summed E-state index contributed by atoms with van der Waals surface area (Å²) in [6.45, 7) is 0. The summed E-state index contributed by atoms with van der Waals surface area (Å²) in [7, 11) is 0. The van der Waals surface area contributed by atoms with Crippen LogP contribution in [0.3, 0.4) is 0 Å². The molecule has 0 atom stereocenters. The molecule has 4 rings (SSSR count). The molecule has 5 nitrogen and oxygen atoms in total. The van der Waals surface area contributed by atoms with E-state index in [1.165, 1.54) is 0 Å². The molecule has 23 heavy (non-hydrogen) atoms. The molecule has 0 saturated heterocycles. The Morgan fingerprint density at radius 1 is 1.17 bits per heavy atom. The Bertz CT molecular complexity index is 1040. The number of nitrogens with one attached hydrogen (secondary N) is 1. The zero-order valence-electron chi connectivity index (χ0n) is 12.1. The van der Waals surface area contributed by atoms with Crippen molar-refractivity contribution in [1.29, 1.82) is 5.26 Å². The summed E-state index contributed by atoms with van der Waals surface area (Å²) in [4.78, 5) is 7.64. The van der Waals surface area contributed by atoms with Crippen molar-refractivity contribution in [2.45, 2.75) is 0 Å². The summed E-state index contributed by atoms with van der Waals surface area (Å²) < 4.78 is 5.13. The minimum Gasteiger partial charge on any atom is -0.472 e. The SMILES string of the molecule is N#Cc1c(-c2ccoc2)cc(-c2c[nH]c3ccccc23)nc1N. The molecule has 0 radical (unpaired) electrons. The van der Waals surface area contributed by atoms with Crippen LogP contribution in [0, 0.1) is 11.3 Å². The standard InChI is InChI=1S/C18H12N4O/c19-8-14-13(11-5-6-23-10-11)7-17(22-18(14)20)15-9-21-16-4-2-1-3-12(15)16/h1-7,9-10,21H,(H2,20,22). The predicted molar refractivity (Wildman–Crippen MR) is 88.4 cm³/mol. The quantitative estimate of drug-likeness (QED) is 0.586. The van der Waals surface area contributed by atoms with E-state index in [-0.39, 0.29) is 5.82 Å². The number of hydrogen-bond donors (Lipinski definition) is 2. The molecule has 0 aliphatic rings. The first-order valence-corrected chi connectivity index (χ1v) is 7.07. The number of nitrogens with two attached hydrogens (primary N) is 1. The molecule has 0 unspecified atom stereocenters. The Kier molecular flexibility index (Phi) is 2.88. The maximum Gasteiger partial charge on any atom is 0.142 e. The van der Waals surface area contributed by atoms with Gasteiger partial charge in [-0.3, -0.25) is 0 Å². The molecular formula is C18H12N4O. The second-order valence-electron chi connectivity index (χ2n) is 5.19. The van der Waals surface area contributed by atoms with Crippen LogP contribution in [0.2, 0.25) is 0 Å². The molecule has 0 fully saturated rings. The molecule has 0 amide bonds. The number of benzene rings is 1. The van der Waals surface area contributed by atoms with Crippen molar-refractivity contribution in [3.8, 4) is 28.5 Å². The van der Waals surface area contributed by atoms with Gasteiger partial charge in [-0.2, -0.15) is 5.26 Å². The molecule has 4 aromatic rings. The van der Waals surface area contributed by atoms with E-state index in [4.69, 9.17) is 10.2 Å². The maximum absolute atomic E-state index is 9.38. The number of furan rings is 1. The van der Waals surface area contributed by atoms with Crippen LogP contribution in [0.15, 0.2) is 59.5 Å². The zero-order chi connectivity index (χ0) is 15.8. The second-order valence-corrected chi connectivity index (χ2v) is 5.19. The van der Waals surface area contributed by atoms with E-state index in [0.29, 0.717) is 11.1 Å². The minimum absolute atomic E-state index is 0.214. The fraction of sp³-hybridized carbons (Fsp3) is 0. The molecule has 0 bridgehead atoms. The average Bonchev–Trinajstić information content (AvgIpc) is 3.24. The van der Waals surface area contributed by atoms with E-state index in [2.05, 4.69) is 16.0 Å². The van der Waals surface area contributed by atoms with Gasteiger partial charge in [0.05, 0.1) is 18.2 Å². The third-order valence-corrected chi connectivity index (χ3v) is 3.86. The lowest BCUT2D eigenvalue weighted by atomic mass is 10.0. The van der Waals surface area contributed by atoms with Crippen molar-refractivity contribution < 1.29 is 4.42 Å². The van der Waals surface area contributed by atoms with Crippen molar-refractivity contribution in [3.05, 3.63) is 60.7 Å². The van der Waals surface area contributed by atoms with E-state index in [9.17, 15) is 5.26 Å². The van der Waals surface area contributed by atoms with E-state index in [1.807, 2.05) is 36.5 Å². The van der Waals surface area contributed by atoms with Crippen LogP contribution >= 0.6 is 0 Å². The van der Waals surface area contributed by atoms with E-state index in [1.54, 1.807) is 18.6 Å². The summed E-state index contributed by atoms with van der Waals surface area (Å²) >= 11 is 0. The number of para-hydroxylation sites is 1. The van der Waals surface area contributed by atoms with Crippen LogP contribution in [-0.4, -0.2) is 9.97 Å². The van der Waals surface area contributed by atoms with Crippen molar-refractivity contribution in [1.82, 2.24) is 9.97 Å². The topological polar surface area (TPSA) is 91.6 Å². The fourth-order valence-electron chi connectivity index (χ4n) is 2.75. The number of H-pyrrole nitrogens is 1. The number of nitrogens with zero attached hydrogens (tertiary/aromatic N) is 2. The fourth-order valence-corrected chi connectivity index (χ4v) is 2.75. The molecule has 1 aromatic carbocycles.